The second-order valence-electron chi connectivity index (χ2n) is 6.43. The summed E-state index contributed by atoms with van der Waals surface area (Å²) in [7, 11) is 0. The summed E-state index contributed by atoms with van der Waals surface area (Å²) < 4.78 is 5.61. The second kappa shape index (κ2) is 8.58. The maximum atomic E-state index is 12.3. The normalized spacial score (nSPS) is 10.8. The molecule has 31 heavy (non-hydrogen) atoms. The van der Waals surface area contributed by atoms with Crippen LogP contribution in [0.2, 0.25) is 10.0 Å². The largest absolute Gasteiger partial charge is 0.483 e. The Bertz CT molecular complexity index is 1280. The first-order valence-corrected chi connectivity index (χ1v) is 9.59. The number of carbonyl (C=O) groups is 2. The van der Waals surface area contributed by atoms with Gasteiger partial charge in [-0.2, -0.15) is 0 Å². The number of carboxylic acids is 1. The zero-order valence-corrected chi connectivity index (χ0v) is 17.1. The van der Waals surface area contributed by atoms with E-state index in [2.05, 4.69) is 25.9 Å². The molecule has 4 rings (SSSR count). The first-order valence-electron chi connectivity index (χ1n) is 8.83. The topological polar surface area (TPSA) is 130 Å². The molecule has 3 aromatic carbocycles. The van der Waals surface area contributed by atoms with Gasteiger partial charge >= 0.3 is 5.97 Å². The summed E-state index contributed by atoms with van der Waals surface area (Å²) in [5.41, 5.74) is 1.28. The Kier molecular flexibility index (Phi) is 5.70. The van der Waals surface area contributed by atoms with Gasteiger partial charge in [0.05, 0.1) is 10.6 Å². The van der Waals surface area contributed by atoms with Gasteiger partial charge in [0.25, 0.3) is 5.91 Å². The average molecular weight is 458 g/mol. The highest BCUT2D eigenvalue weighted by atomic mass is 35.5. The Balaban J connectivity index is 1.50. The molecule has 0 aliphatic heterocycles. The number of aromatic amines is 1. The summed E-state index contributed by atoms with van der Waals surface area (Å²) in [5.74, 6) is -0.911. The van der Waals surface area contributed by atoms with E-state index >= 15 is 0 Å². The van der Waals surface area contributed by atoms with Crippen molar-refractivity contribution in [1.82, 2.24) is 20.6 Å². The SMILES string of the molecule is O=C(COc1cc(C(=O)O)cc2cc(Cl)cc(Cl)c12)Nc1ccc(-c2nnn[nH]2)cc1. The average Bonchev–Trinajstić information content (AvgIpc) is 3.26. The van der Waals surface area contributed by atoms with Gasteiger partial charge in [-0.1, -0.05) is 23.2 Å². The van der Waals surface area contributed by atoms with Crippen molar-refractivity contribution in [2.75, 3.05) is 11.9 Å². The maximum Gasteiger partial charge on any atom is 0.335 e. The van der Waals surface area contributed by atoms with Crippen molar-refractivity contribution in [2.45, 2.75) is 0 Å². The minimum Gasteiger partial charge on any atom is -0.483 e. The minimum absolute atomic E-state index is 0.0151. The number of aromatic carboxylic acids is 1. The molecule has 156 valence electrons. The van der Waals surface area contributed by atoms with E-state index < -0.39 is 11.9 Å². The van der Waals surface area contributed by atoms with Crippen LogP contribution in [0.25, 0.3) is 22.2 Å². The first kappa shape index (κ1) is 20.6. The Morgan fingerprint density at radius 2 is 1.87 bits per heavy atom. The number of hydrogen-bond acceptors (Lipinski definition) is 6. The van der Waals surface area contributed by atoms with E-state index in [1.54, 1.807) is 30.3 Å². The Morgan fingerprint density at radius 1 is 1.10 bits per heavy atom. The van der Waals surface area contributed by atoms with E-state index in [1.165, 1.54) is 18.2 Å². The highest BCUT2D eigenvalue weighted by Gasteiger charge is 2.15. The van der Waals surface area contributed by atoms with Crippen LogP contribution in [0.15, 0.2) is 48.5 Å². The molecule has 0 aliphatic rings. The number of halogens is 2. The van der Waals surface area contributed by atoms with Crippen LogP contribution in [0.3, 0.4) is 0 Å². The number of fused-ring (bicyclic) bond motifs is 1. The molecular weight excluding hydrogens is 445 g/mol. The summed E-state index contributed by atoms with van der Waals surface area (Å²) in [6.45, 7) is -0.356. The summed E-state index contributed by atoms with van der Waals surface area (Å²) in [6.07, 6.45) is 0. The lowest BCUT2D eigenvalue weighted by atomic mass is 10.1. The zero-order chi connectivity index (χ0) is 22.0. The van der Waals surface area contributed by atoms with Crippen LogP contribution in [0.5, 0.6) is 5.75 Å². The van der Waals surface area contributed by atoms with Crippen LogP contribution in [0, 0.1) is 0 Å². The van der Waals surface area contributed by atoms with E-state index in [4.69, 9.17) is 27.9 Å². The van der Waals surface area contributed by atoms with Gasteiger partial charge < -0.3 is 15.2 Å². The number of hydrogen-bond donors (Lipinski definition) is 3. The molecule has 1 aromatic heterocycles. The number of aromatic nitrogens is 4. The van der Waals surface area contributed by atoms with E-state index in [1.807, 2.05) is 0 Å². The lowest BCUT2D eigenvalue weighted by Crippen LogP contribution is -2.20. The zero-order valence-electron chi connectivity index (χ0n) is 15.6. The first-order chi connectivity index (χ1) is 14.9. The van der Waals surface area contributed by atoms with Gasteiger partial charge in [0.1, 0.15) is 5.75 Å². The van der Waals surface area contributed by atoms with Gasteiger partial charge in [0.2, 0.25) is 0 Å². The molecule has 0 spiro atoms. The maximum absolute atomic E-state index is 12.3. The van der Waals surface area contributed by atoms with Gasteiger partial charge in [-0.15, -0.1) is 5.10 Å². The predicted octanol–water partition coefficient (Wildman–Crippen LogP) is 4.04. The molecule has 0 saturated carbocycles. The minimum atomic E-state index is -1.14. The van der Waals surface area contributed by atoms with Crippen molar-refractivity contribution in [3.8, 4) is 17.1 Å². The number of anilines is 1. The highest BCUT2D eigenvalue weighted by molar-refractivity contribution is 6.39. The number of H-pyrrole nitrogens is 1. The quantitative estimate of drug-likeness (QED) is 0.398. The van der Waals surface area contributed by atoms with Gasteiger partial charge in [-0.25, -0.2) is 9.89 Å². The van der Waals surface area contributed by atoms with Gasteiger partial charge in [-0.05, 0) is 64.3 Å². The monoisotopic (exact) mass is 457 g/mol. The third-order valence-electron chi connectivity index (χ3n) is 4.32. The van der Waals surface area contributed by atoms with Crippen molar-refractivity contribution in [3.63, 3.8) is 0 Å². The summed E-state index contributed by atoms with van der Waals surface area (Å²) in [6, 6.07) is 12.7. The molecule has 0 saturated heterocycles. The number of benzene rings is 3. The number of amides is 1. The molecule has 9 nitrogen and oxygen atoms in total. The number of rotatable bonds is 6. The number of ether oxygens (including phenoxy) is 1. The lowest BCUT2D eigenvalue weighted by Gasteiger charge is -2.13. The number of nitrogens with zero attached hydrogens (tertiary/aromatic N) is 3. The van der Waals surface area contributed by atoms with Crippen molar-refractivity contribution in [3.05, 3.63) is 64.1 Å². The molecular formula is C20H13Cl2N5O4. The fourth-order valence-electron chi connectivity index (χ4n) is 2.96. The third kappa shape index (κ3) is 4.57. The number of tetrazole rings is 1. The molecule has 4 aromatic rings. The molecule has 0 aliphatic carbocycles. The third-order valence-corrected chi connectivity index (χ3v) is 4.84. The molecule has 11 heteroatoms. The Hall–Kier alpha value is -3.69. The van der Waals surface area contributed by atoms with Gasteiger partial charge in [0, 0.05) is 21.7 Å². The standard InChI is InChI=1S/C20H13Cl2N5O4/c21-13-6-11-5-12(20(29)30)7-16(18(11)15(22)8-13)31-9-17(28)23-14-3-1-10(2-4-14)19-24-26-27-25-19/h1-8H,9H2,(H,23,28)(H,29,30)(H,24,25,26,27). The number of carboxylic acid groups (broad SMARTS) is 1. The Labute approximate surface area is 184 Å². The molecule has 0 unspecified atom stereocenters. The van der Waals surface area contributed by atoms with Gasteiger partial charge in [-0.3, -0.25) is 4.79 Å². The summed E-state index contributed by atoms with van der Waals surface area (Å²) in [4.78, 5) is 23.8. The predicted molar refractivity (Wildman–Crippen MR) is 115 cm³/mol. The van der Waals surface area contributed by atoms with Crippen molar-refractivity contribution in [1.29, 1.82) is 0 Å². The van der Waals surface area contributed by atoms with E-state index in [-0.39, 0.29) is 22.9 Å². The molecule has 1 amide bonds. The Morgan fingerprint density at radius 3 is 2.55 bits per heavy atom. The lowest BCUT2D eigenvalue weighted by molar-refractivity contribution is -0.118. The molecule has 0 radical (unpaired) electrons. The van der Waals surface area contributed by atoms with E-state index in [0.29, 0.717) is 27.3 Å². The summed E-state index contributed by atoms with van der Waals surface area (Å²) in [5, 5.41) is 27.1. The number of carbonyl (C=O) groups excluding carboxylic acids is 1. The van der Waals surface area contributed by atoms with Crippen LogP contribution < -0.4 is 10.1 Å². The van der Waals surface area contributed by atoms with Crippen molar-refractivity contribution < 1.29 is 19.4 Å². The van der Waals surface area contributed by atoms with E-state index in [0.717, 1.165) is 5.56 Å². The van der Waals surface area contributed by atoms with Crippen LogP contribution >= 0.6 is 23.2 Å². The summed E-state index contributed by atoms with van der Waals surface area (Å²) >= 11 is 12.3. The van der Waals surface area contributed by atoms with Gasteiger partial charge in [0.15, 0.2) is 12.4 Å². The van der Waals surface area contributed by atoms with E-state index in [9.17, 15) is 14.7 Å². The fraction of sp³-hybridized carbons (Fsp3) is 0.0500. The number of nitrogens with one attached hydrogen (secondary N) is 2. The smallest absolute Gasteiger partial charge is 0.335 e. The molecule has 0 fully saturated rings. The van der Waals surface area contributed by atoms with Crippen LogP contribution in [0.4, 0.5) is 5.69 Å². The molecule has 0 bridgehead atoms. The van der Waals surface area contributed by atoms with Crippen molar-refractivity contribution >= 4 is 51.5 Å². The highest BCUT2D eigenvalue weighted by Crippen LogP contribution is 2.36. The van der Waals surface area contributed by atoms with Crippen LogP contribution in [0.1, 0.15) is 10.4 Å². The second-order valence-corrected chi connectivity index (χ2v) is 7.27. The molecule has 3 N–H and O–H groups in total. The molecule has 0 atom stereocenters. The molecule has 1 heterocycles. The van der Waals surface area contributed by atoms with Crippen molar-refractivity contribution in [2.24, 2.45) is 0 Å². The fourth-order valence-corrected chi connectivity index (χ4v) is 3.56. The van der Waals surface area contributed by atoms with Crippen LogP contribution in [-0.4, -0.2) is 44.2 Å². The van der Waals surface area contributed by atoms with Crippen LogP contribution in [-0.2, 0) is 4.79 Å².